The maximum absolute atomic E-state index is 11.1. The van der Waals surface area contributed by atoms with E-state index in [0.717, 1.165) is 0 Å². The van der Waals surface area contributed by atoms with E-state index >= 15 is 0 Å². The lowest BCUT2D eigenvalue weighted by Gasteiger charge is -2.05. The summed E-state index contributed by atoms with van der Waals surface area (Å²) in [6.45, 7) is 0. The van der Waals surface area contributed by atoms with Gasteiger partial charge in [-0.1, -0.05) is 12.1 Å². The molecule has 2 aromatic carbocycles. The van der Waals surface area contributed by atoms with Crippen LogP contribution in [-0.4, -0.2) is 17.0 Å². The summed E-state index contributed by atoms with van der Waals surface area (Å²) in [4.78, 5) is 20.8. The molecule has 0 heterocycles. The van der Waals surface area contributed by atoms with Crippen LogP contribution in [0.15, 0.2) is 42.5 Å². The zero-order chi connectivity index (χ0) is 14.7. The SMILES string of the molecule is COc1ccc(-c2c([N+](=O)[O-])cccc2[N+](=O)[O-])cc1. The van der Waals surface area contributed by atoms with Gasteiger partial charge in [-0.3, -0.25) is 20.2 Å². The lowest BCUT2D eigenvalue weighted by Crippen LogP contribution is -1.97. The van der Waals surface area contributed by atoms with Gasteiger partial charge in [-0.05, 0) is 23.8 Å². The van der Waals surface area contributed by atoms with Crippen molar-refractivity contribution in [2.24, 2.45) is 0 Å². The highest BCUT2D eigenvalue weighted by molar-refractivity contribution is 5.82. The summed E-state index contributed by atoms with van der Waals surface area (Å²) in [6, 6.07) is 10.1. The van der Waals surface area contributed by atoms with Crippen molar-refractivity contribution < 1.29 is 14.6 Å². The van der Waals surface area contributed by atoms with Gasteiger partial charge < -0.3 is 4.74 Å². The van der Waals surface area contributed by atoms with E-state index in [1.807, 2.05) is 0 Å². The monoisotopic (exact) mass is 274 g/mol. The van der Waals surface area contributed by atoms with E-state index in [2.05, 4.69) is 0 Å². The van der Waals surface area contributed by atoms with Crippen LogP contribution in [0.3, 0.4) is 0 Å². The van der Waals surface area contributed by atoms with Gasteiger partial charge in [0, 0.05) is 12.1 Å². The van der Waals surface area contributed by atoms with Crippen molar-refractivity contribution in [1.29, 1.82) is 0 Å². The highest BCUT2D eigenvalue weighted by atomic mass is 16.6. The molecule has 0 amide bonds. The maximum atomic E-state index is 11.1. The van der Waals surface area contributed by atoms with Crippen LogP contribution in [0.4, 0.5) is 11.4 Å². The first kappa shape index (κ1) is 13.5. The predicted octanol–water partition coefficient (Wildman–Crippen LogP) is 3.18. The van der Waals surface area contributed by atoms with Gasteiger partial charge in [0.2, 0.25) is 0 Å². The first-order chi connectivity index (χ1) is 9.54. The Morgan fingerprint density at radius 3 is 1.80 bits per heavy atom. The first-order valence-corrected chi connectivity index (χ1v) is 5.61. The number of nitrogens with zero attached hydrogens (tertiary/aromatic N) is 2. The smallest absolute Gasteiger partial charge is 0.284 e. The minimum Gasteiger partial charge on any atom is -0.497 e. The second-order valence-electron chi connectivity index (χ2n) is 3.91. The second kappa shape index (κ2) is 5.35. The van der Waals surface area contributed by atoms with E-state index in [4.69, 9.17) is 4.74 Å². The zero-order valence-corrected chi connectivity index (χ0v) is 10.5. The second-order valence-corrected chi connectivity index (χ2v) is 3.91. The Kier molecular flexibility index (Phi) is 3.60. The lowest BCUT2D eigenvalue weighted by molar-refractivity contribution is -0.392. The Balaban J connectivity index is 2.68. The molecule has 0 aliphatic carbocycles. The minimum atomic E-state index is -0.632. The quantitative estimate of drug-likeness (QED) is 0.630. The molecule has 20 heavy (non-hydrogen) atoms. The van der Waals surface area contributed by atoms with Crippen molar-refractivity contribution in [3.05, 3.63) is 62.7 Å². The summed E-state index contributed by atoms with van der Waals surface area (Å²) in [5, 5.41) is 22.1. The number of nitro benzene ring substituents is 2. The number of methoxy groups -OCH3 is 1. The van der Waals surface area contributed by atoms with E-state index in [1.165, 1.54) is 25.3 Å². The lowest BCUT2D eigenvalue weighted by atomic mass is 10.0. The third kappa shape index (κ3) is 2.41. The molecule has 0 fully saturated rings. The third-order valence-corrected chi connectivity index (χ3v) is 2.79. The Morgan fingerprint density at radius 2 is 1.40 bits per heavy atom. The molecule has 0 bridgehead atoms. The fraction of sp³-hybridized carbons (Fsp3) is 0.0769. The van der Waals surface area contributed by atoms with E-state index in [1.54, 1.807) is 24.3 Å². The minimum absolute atomic E-state index is 0.00912. The molecule has 0 aromatic heterocycles. The first-order valence-electron chi connectivity index (χ1n) is 5.61. The number of ether oxygens (including phenoxy) is 1. The molecule has 0 saturated carbocycles. The summed E-state index contributed by atoms with van der Waals surface area (Å²) >= 11 is 0. The predicted molar refractivity (Wildman–Crippen MR) is 71.7 cm³/mol. The van der Waals surface area contributed by atoms with E-state index in [9.17, 15) is 20.2 Å². The average Bonchev–Trinajstić information content (AvgIpc) is 2.46. The summed E-state index contributed by atoms with van der Waals surface area (Å²) in [5.74, 6) is 0.565. The molecule has 0 aliphatic heterocycles. The van der Waals surface area contributed by atoms with Crippen molar-refractivity contribution >= 4 is 11.4 Å². The third-order valence-electron chi connectivity index (χ3n) is 2.79. The summed E-state index contributed by atoms with van der Waals surface area (Å²) in [5.41, 5.74) is -0.219. The highest BCUT2D eigenvalue weighted by Crippen LogP contribution is 2.38. The van der Waals surface area contributed by atoms with Crippen molar-refractivity contribution in [3.63, 3.8) is 0 Å². The van der Waals surface area contributed by atoms with Crippen molar-refractivity contribution in [1.82, 2.24) is 0 Å². The van der Waals surface area contributed by atoms with Gasteiger partial charge >= 0.3 is 0 Å². The molecule has 0 aliphatic rings. The Morgan fingerprint density at radius 1 is 0.900 bits per heavy atom. The summed E-state index contributed by atoms with van der Waals surface area (Å²) in [6.07, 6.45) is 0. The van der Waals surface area contributed by atoms with Gasteiger partial charge in [0.1, 0.15) is 11.3 Å². The molecule has 2 aromatic rings. The summed E-state index contributed by atoms with van der Waals surface area (Å²) in [7, 11) is 1.49. The van der Waals surface area contributed by atoms with Crippen LogP contribution in [0.2, 0.25) is 0 Å². The van der Waals surface area contributed by atoms with Crippen LogP contribution in [0.25, 0.3) is 11.1 Å². The number of benzene rings is 2. The van der Waals surface area contributed by atoms with Crippen molar-refractivity contribution in [3.8, 4) is 16.9 Å². The van der Waals surface area contributed by atoms with Gasteiger partial charge in [0.05, 0.1) is 17.0 Å². The molecule has 102 valence electrons. The fourth-order valence-electron chi connectivity index (χ4n) is 1.89. The molecular formula is C13H10N2O5. The Hall–Kier alpha value is -2.96. The number of nitro groups is 2. The number of hydrogen-bond acceptors (Lipinski definition) is 5. The molecular weight excluding hydrogens is 264 g/mol. The normalized spacial score (nSPS) is 10.1. The van der Waals surface area contributed by atoms with Crippen LogP contribution in [0, 0.1) is 20.2 Å². The molecule has 0 spiro atoms. The van der Waals surface area contributed by atoms with Crippen LogP contribution in [0.1, 0.15) is 0 Å². The standard InChI is InChI=1S/C13H10N2O5/c1-20-10-7-5-9(6-8-10)13-11(14(16)17)3-2-4-12(13)15(18)19/h2-8H,1H3. The van der Waals surface area contributed by atoms with Crippen LogP contribution in [0.5, 0.6) is 5.75 Å². The topological polar surface area (TPSA) is 95.5 Å². The van der Waals surface area contributed by atoms with E-state index in [-0.39, 0.29) is 16.9 Å². The fourth-order valence-corrected chi connectivity index (χ4v) is 1.89. The summed E-state index contributed by atoms with van der Waals surface area (Å²) < 4.78 is 4.99. The Bertz CT molecular complexity index is 635. The molecule has 7 nitrogen and oxygen atoms in total. The maximum Gasteiger partial charge on any atom is 0.284 e. The molecule has 0 unspecified atom stereocenters. The van der Waals surface area contributed by atoms with Crippen molar-refractivity contribution in [2.45, 2.75) is 0 Å². The zero-order valence-electron chi connectivity index (χ0n) is 10.5. The van der Waals surface area contributed by atoms with Crippen LogP contribution < -0.4 is 4.74 Å². The largest absolute Gasteiger partial charge is 0.497 e. The average molecular weight is 274 g/mol. The van der Waals surface area contributed by atoms with Gasteiger partial charge in [0.15, 0.2) is 0 Å². The van der Waals surface area contributed by atoms with E-state index < -0.39 is 9.85 Å². The number of hydrogen-bond donors (Lipinski definition) is 0. The van der Waals surface area contributed by atoms with Gasteiger partial charge in [0.25, 0.3) is 11.4 Å². The molecule has 0 N–H and O–H groups in total. The molecule has 2 rings (SSSR count). The molecule has 0 atom stereocenters. The molecule has 0 radical (unpaired) electrons. The Labute approximate surface area is 113 Å². The van der Waals surface area contributed by atoms with Gasteiger partial charge in [-0.2, -0.15) is 0 Å². The van der Waals surface area contributed by atoms with Crippen molar-refractivity contribution in [2.75, 3.05) is 7.11 Å². The van der Waals surface area contributed by atoms with E-state index in [0.29, 0.717) is 11.3 Å². The van der Waals surface area contributed by atoms with Gasteiger partial charge in [-0.25, -0.2) is 0 Å². The highest BCUT2D eigenvalue weighted by Gasteiger charge is 2.25. The molecule has 0 saturated heterocycles. The van der Waals surface area contributed by atoms with Gasteiger partial charge in [-0.15, -0.1) is 0 Å². The number of rotatable bonds is 4. The van der Waals surface area contributed by atoms with Crippen LogP contribution >= 0.6 is 0 Å². The van der Waals surface area contributed by atoms with Crippen LogP contribution in [-0.2, 0) is 0 Å². The molecule has 7 heteroatoms.